The highest BCUT2D eigenvalue weighted by Crippen LogP contribution is 2.30. The molecule has 0 unspecified atom stereocenters. The standard InChI is InChI=1S/C15H20N2OS/c1-4-5-8-16-14(18)13-11(2)12(3)19-15(13)17-9-6-7-10-17/h6-7,9-10H,4-5,8H2,1-3H3,(H,16,18). The third kappa shape index (κ3) is 2.89. The highest BCUT2D eigenvalue weighted by molar-refractivity contribution is 7.15. The lowest BCUT2D eigenvalue weighted by atomic mass is 10.1. The Balaban J connectivity index is 2.31. The fourth-order valence-electron chi connectivity index (χ4n) is 2.00. The van der Waals surface area contributed by atoms with E-state index in [2.05, 4.69) is 19.2 Å². The second-order valence-electron chi connectivity index (χ2n) is 4.66. The minimum absolute atomic E-state index is 0.0407. The van der Waals surface area contributed by atoms with E-state index in [1.54, 1.807) is 11.3 Å². The van der Waals surface area contributed by atoms with Crippen LogP contribution in [0, 0.1) is 13.8 Å². The number of carbonyl (C=O) groups excluding carboxylic acids is 1. The first-order valence-electron chi connectivity index (χ1n) is 6.66. The summed E-state index contributed by atoms with van der Waals surface area (Å²) in [4.78, 5) is 13.6. The normalized spacial score (nSPS) is 10.7. The molecule has 2 rings (SSSR count). The summed E-state index contributed by atoms with van der Waals surface area (Å²) in [5, 5.41) is 4.02. The first-order valence-corrected chi connectivity index (χ1v) is 7.48. The smallest absolute Gasteiger partial charge is 0.254 e. The molecule has 1 N–H and O–H groups in total. The number of thiophene rings is 1. The molecule has 4 heteroatoms. The molecule has 0 spiro atoms. The minimum atomic E-state index is 0.0407. The van der Waals surface area contributed by atoms with Crippen LogP contribution in [0.3, 0.4) is 0 Å². The quantitative estimate of drug-likeness (QED) is 0.830. The molecule has 102 valence electrons. The van der Waals surface area contributed by atoms with E-state index >= 15 is 0 Å². The Bertz CT molecular complexity index is 555. The zero-order chi connectivity index (χ0) is 13.8. The van der Waals surface area contributed by atoms with Crippen LogP contribution in [0.15, 0.2) is 24.5 Å². The molecule has 19 heavy (non-hydrogen) atoms. The minimum Gasteiger partial charge on any atom is -0.352 e. The van der Waals surface area contributed by atoms with Crippen LogP contribution < -0.4 is 5.32 Å². The summed E-state index contributed by atoms with van der Waals surface area (Å²) < 4.78 is 2.01. The van der Waals surface area contributed by atoms with E-state index in [1.165, 1.54) is 4.88 Å². The number of rotatable bonds is 5. The van der Waals surface area contributed by atoms with Gasteiger partial charge in [-0.1, -0.05) is 13.3 Å². The van der Waals surface area contributed by atoms with Gasteiger partial charge in [0.15, 0.2) is 0 Å². The molecule has 2 heterocycles. The van der Waals surface area contributed by atoms with E-state index in [4.69, 9.17) is 0 Å². The molecule has 0 aromatic carbocycles. The maximum atomic E-state index is 12.4. The molecular weight excluding hydrogens is 256 g/mol. The number of aromatic nitrogens is 1. The lowest BCUT2D eigenvalue weighted by Crippen LogP contribution is -2.25. The molecule has 0 atom stereocenters. The van der Waals surface area contributed by atoms with Crippen molar-refractivity contribution >= 4 is 17.2 Å². The lowest BCUT2D eigenvalue weighted by Gasteiger charge is -2.07. The Hall–Kier alpha value is -1.55. The lowest BCUT2D eigenvalue weighted by molar-refractivity contribution is 0.0953. The van der Waals surface area contributed by atoms with Crippen molar-refractivity contribution < 1.29 is 4.79 Å². The van der Waals surface area contributed by atoms with Crippen molar-refractivity contribution in [3.8, 4) is 5.00 Å². The highest BCUT2D eigenvalue weighted by atomic mass is 32.1. The summed E-state index contributed by atoms with van der Waals surface area (Å²) >= 11 is 1.67. The third-order valence-electron chi connectivity index (χ3n) is 3.25. The largest absolute Gasteiger partial charge is 0.352 e. The van der Waals surface area contributed by atoms with Gasteiger partial charge in [-0.2, -0.15) is 0 Å². The number of hydrogen-bond donors (Lipinski definition) is 1. The van der Waals surface area contributed by atoms with Gasteiger partial charge in [-0.3, -0.25) is 4.79 Å². The topological polar surface area (TPSA) is 34.0 Å². The monoisotopic (exact) mass is 276 g/mol. The molecule has 2 aromatic heterocycles. The molecule has 3 nitrogen and oxygen atoms in total. The van der Waals surface area contributed by atoms with Gasteiger partial charge < -0.3 is 9.88 Å². The van der Waals surface area contributed by atoms with Crippen molar-refractivity contribution in [3.05, 3.63) is 40.5 Å². The number of unbranched alkanes of at least 4 members (excludes halogenated alkanes) is 1. The first kappa shape index (κ1) is 13.9. The molecule has 0 aliphatic heterocycles. The average Bonchev–Trinajstić information content (AvgIpc) is 2.99. The number of nitrogens with zero attached hydrogens (tertiary/aromatic N) is 1. The Labute approximate surface area is 118 Å². The summed E-state index contributed by atoms with van der Waals surface area (Å²) in [6.07, 6.45) is 6.07. The van der Waals surface area contributed by atoms with Gasteiger partial charge in [0.1, 0.15) is 5.00 Å². The van der Waals surface area contributed by atoms with Crippen molar-refractivity contribution in [2.24, 2.45) is 0 Å². The summed E-state index contributed by atoms with van der Waals surface area (Å²) in [5.74, 6) is 0.0407. The van der Waals surface area contributed by atoms with Gasteiger partial charge in [0.25, 0.3) is 5.91 Å². The van der Waals surface area contributed by atoms with Crippen molar-refractivity contribution in [2.45, 2.75) is 33.6 Å². The van der Waals surface area contributed by atoms with Gasteiger partial charge in [0.05, 0.1) is 5.56 Å². The van der Waals surface area contributed by atoms with Crippen LogP contribution in [-0.2, 0) is 0 Å². The summed E-state index contributed by atoms with van der Waals surface area (Å²) in [6, 6.07) is 3.95. The molecule has 0 saturated heterocycles. The number of aryl methyl sites for hydroxylation is 1. The number of nitrogens with one attached hydrogen (secondary N) is 1. The van der Waals surface area contributed by atoms with Gasteiger partial charge in [0.2, 0.25) is 0 Å². The molecule has 0 aliphatic carbocycles. The van der Waals surface area contributed by atoms with Crippen LogP contribution in [0.4, 0.5) is 0 Å². The molecule has 2 aromatic rings. The van der Waals surface area contributed by atoms with E-state index in [9.17, 15) is 4.79 Å². The molecule has 0 bridgehead atoms. The third-order valence-corrected chi connectivity index (χ3v) is 4.47. The zero-order valence-corrected chi connectivity index (χ0v) is 12.5. The molecule has 0 radical (unpaired) electrons. The Morgan fingerprint density at radius 2 is 2.00 bits per heavy atom. The summed E-state index contributed by atoms with van der Waals surface area (Å²) in [5.41, 5.74) is 1.90. The predicted molar refractivity (Wildman–Crippen MR) is 80.4 cm³/mol. The zero-order valence-electron chi connectivity index (χ0n) is 11.7. The molecule has 1 amide bonds. The first-order chi connectivity index (χ1) is 9.15. The molecular formula is C15H20N2OS. The summed E-state index contributed by atoms with van der Waals surface area (Å²) in [7, 11) is 0. The van der Waals surface area contributed by atoms with Gasteiger partial charge in [-0.25, -0.2) is 0 Å². The second-order valence-corrected chi connectivity index (χ2v) is 5.87. The van der Waals surface area contributed by atoms with Crippen LogP contribution in [-0.4, -0.2) is 17.0 Å². The summed E-state index contributed by atoms with van der Waals surface area (Å²) in [6.45, 7) is 6.95. The molecule has 0 saturated carbocycles. The highest BCUT2D eigenvalue weighted by Gasteiger charge is 2.19. The van der Waals surface area contributed by atoms with Gasteiger partial charge in [-0.15, -0.1) is 11.3 Å². The van der Waals surface area contributed by atoms with E-state index in [0.29, 0.717) is 0 Å². The maximum absolute atomic E-state index is 12.4. The van der Waals surface area contributed by atoms with Gasteiger partial charge >= 0.3 is 0 Å². The fraction of sp³-hybridized carbons (Fsp3) is 0.400. The SMILES string of the molecule is CCCCNC(=O)c1c(-n2cccc2)sc(C)c1C. The maximum Gasteiger partial charge on any atom is 0.254 e. The molecule has 0 fully saturated rings. The average molecular weight is 276 g/mol. The van der Waals surface area contributed by atoms with Crippen LogP contribution in [0.25, 0.3) is 5.00 Å². The van der Waals surface area contributed by atoms with Crippen molar-refractivity contribution in [1.29, 1.82) is 0 Å². The van der Waals surface area contributed by atoms with Crippen LogP contribution >= 0.6 is 11.3 Å². The molecule has 0 aliphatic rings. The number of amides is 1. The number of carbonyl (C=O) groups is 1. The Kier molecular flexibility index (Phi) is 4.43. The Morgan fingerprint density at radius 3 is 2.63 bits per heavy atom. The van der Waals surface area contributed by atoms with Crippen molar-refractivity contribution in [3.63, 3.8) is 0 Å². The van der Waals surface area contributed by atoms with E-state index < -0.39 is 0 Å². The Morgan fingerprint density at radius 1 is 1.32 bits per heavy atom. The number of hydrogen-bond acceptors (Lipinski definition) is 2. The second kappa shape index (κ2) is 6.06. The van der Waals surface area contributed by atoms with E-state index in [-0.39, 0.29) is 5.91 Å². The fourth-order valence-corrected chi connectivity index (χ4v) is 3.12. The van der Waals surface area contributed by atoms with Gasteiger partial charge in [0, 0.05) is 23.8 Å². The van der Waals surface area contributed by atoms with Crippen LogP contribution in [0.2, 0.25) is 0 Å². The van der Waals surface area contributed by atoms with Crippen LogP contribution in [0.5, 0.6) is 0 Å². The van der Waals surface area contributed by atoms with Crippen LogP contribution in [0.1, 0.15) is 40.6 Å². The van der Waals surface area contributed by atoms with E-state index in [1.807, 2.05) is 36.0 Å². The van der Waals surface area contributed by atoms with Gasteiger partial charge in [-0.05, 0) is 38.0 Å². The van der Waals surface area contributed by atoms with Crippen molar-refractivity contribution in [1.82, 2.24) is 9.88 Å². The van der Waals surface area contributed by atoms with E-state index in [0.717, 1.165) is 35.5 Å². The van der Waals surface area contributed by atoms with Crippen molar-refractivity contribution in [2.75, 3.05) is 6.54 Å². The predicted octanol–water partition coefficient (Wildman–Crippen LogP) is 3.69.